The van der Waals surface area contributed by atoms with Crippen LogP contribution in [0.25, 0.3) is 10.9 Å². The molecule has 2 heterocycles. The first-order chi connectivity index (χ1) is 9.75. The molecule has 3 nitrogen and oxygen atoms in total. The second-order valence-corrected chi connectivity index (χ2v) is 5.84. The van der Waals surface area contributed by atoms with Crippen LogP contribution in [-0.4, -0.2) is 34.8 Å². The Kier molecular flexibility index (Phi) is 3.88. The fourth-order valence-electron chi connectivity index (χ4n) is 3.14. The number of aromatic amines is 1. The molecular weight excluding hydrogens is 248 g/mol. The number of hydrogen-bond acceptors (Lipinski definition) is 2. The summed E-state index contributed by atoms with van der Waals surface area (Å²) in [6, 6.07) is 8.53. The van der Waals surface area contributed by atoms with E-state index in [1.807, 2.05) is 30.5 Å². The predicted molar refractivity (Wildman–Crippen MR) is 82.1 cm³/mol. The zero-order valence-corrected chi connectivity index (χ0v) is 12.1. The van der Waals surface area contributed by atoms with Crippen molar-refractivity contribution in [3.63, 3.8) is 0 Å². The van der Waals surface area contributed by atoms with Gasteiger partial charge >= 0.3 is 0 Å². The van der Waals surface area contributed by atoms with Crippen molar-refractivity contribution in [2.75, 3.05) is 13.1 Å². The molecule has 0 bridgehead atoms. The average molecular weight is 270 g/mol. The lowest BCUT2D eigenvalue weighted by molar-refractivity contribution is 0.0903. The number of benzene rings is 1. The highest BCUT2D eigenvalue weighted by molar-refractivity contribution is 6.08. The molecule has 1 aromatic heterocycles. The van der Waals surface area contributed by atoms with Crippen LogP contribution in [0.2, 0.25) is 0 Å². The number of H-pyrrole nitrogens is 1. The molecule has 0 spiro atoms. The topological polar surface area (TPSA) is 36.1 Å². The normalized spacial score (nSPS) is 20.9. The molecule has 3 heteroatoms. The van der Waals surface area contributed by atoms with Crippen LogP contribution >= 0.6 is 0 Å². The lowest BCUT2D eigenvalue weighted by atomic mass is 10.1. The van der Waals surface area contributed by atoms with Crippen molar-refractivity contribution in [2.45, 2.75) is 38.6 Å². The second-order valence-electron chi connectivity index (χ2n) is 5.84. The van der Waals surface area contributed by atoms with Gasteiger partial charge in [0.25, 0.3) is 0 Å². The number of Topliss-reactive ketones (excluding diaryl/α,β-unsaturated/α-hetero) is 1. The van der Waals surface area contributed by atoms with Crippen molar-refractivity contribution >= 4 is 16.7 Å². The number of likely N-dealkylation sites (tertiary alicyclic amines) is 1. The SMILES string of the molecule is CC1CCCCCN1CC(=O)c1c[nH]c2ccccc12. The van der Waals surface area contributed by atoms with Crippen molar-refractivity contribution in [1.29, 1.82) is 0 Å². The Morgan fingerprint density at radius 2 is 2.15 bits per heavy atom. The summed E-state index contributed by atoms with van der Waals surface area (Å²) in [6.07, 6.45) is 6.86. The van der Waals surface area contributed by atoms with E-state index < -0.39 is 0 Å². The molecule has 1 saturated heterocycles. The van der Waals surface area contributed by atoms with Gasteiger partial charge in [0.2, 0.25) is 0 Å². The van der Waals surface area contributed by atoms with Crippen LogP contribution in [0, 0.1) is 0 Å². The highest BCUT2D eigenvalue weighted by Gasteiger charge is 2.21. The maximum absolute atomic E-state index is 12.6. The first-order valence-corrected chi connectivity index (χ1v) is 7.59. The third-order valence-electron chi connectivity index (χ3n) is 4.43. The smallest absolute Gasteiger partial charge is 0.178 e. The van der Waals surface area contributed by atoms with E-state index in [4.69, 9.17) is 0 Å². The Labute approximate surface area is 120 Å². The summed E-state index contributed by atoms with van der Waals surface area (Å²) in [7, 11) is 0. The zero-order valence-electron chi connectivity index (χ0n) is 12.1. The van der Waals surface area contributed by atoms with Crippen LogP contribution in [0.4, 0.5) is 0 Å². The number of carbonyl (C=O) groups excluding carboxylic acids is 1. The Hall–Kier alpha value is -1.61. The molecule has 1 aliphatic rings. The van der Waals surface area contributed by atoms with Crippen molar-refractivity contribution in [3.8, 4) is 0 Å². The fourth-order valence-corrected chi connectivity index (χ4v) is 3.14. The lowest BCUT2D eigenvalue weighted by Gasteiger charge is -2.25. The number of fused-ring (bicyclic) bond motifs is 1. The highest BCUT2D eigenvalue weighted by atomic mass is 16.1. The minimum atomic E-state index is 0.233. The van der Waals surface area contributed by atoms with Crippen molar-refractivity contribution in [2.24, 2.45) is 0 Å². The molecule has 0 radical (unpaired) electrons. The predicted octanol–water partition coefficient (Wildman–Crippen LogP) is 3.62. The molecule has 3 rings (SSSR count). The number of rotatable bonds is 3. The van der Waals surface area contributed by atoms with Crippen LogP contribution in [-0.2, 0) is 0 Å². The Morgan fingerprint density at radius 1 is 1.30 bits per heavy atom. The molecule has 0 amide bonds. The van der Waals surface area contributed by atoms with Gasteiger partial charge in [-0.05, 0) is 32.4 Å². The second kappa shape index (κ2) is 5.80. The molecule has 1 aromatic carbocycles. The van der Waals surface area contributed by atoms with Gasteiger partial charge in [0.15, 0.2) is 5.78 Å². The van der Waals surface area contributed by atoms with Crippen LogP contribution in [0.3, 0.4) is 0 Å². The molecule has 0 aliphatic carbocycles. The minimum Gasteiger partial charge on any atom is -0.360 e. The molecular formula is C17H22N2O. The molecule has 1 unspecified atom stereocenters. The van der Waals surface area contributed by atoms with Crippen molar-refractivity contribution in [1.82, 2.24) is 9.88 Å². The van der Waals surface area contributed by atoms with E-state index in [1.165, 1.54) is 25.7 Å². The number of hydrogen-bond donors (Lipinski definition) is 1. The van der Waals surface area contributed by atoms with E-state index in [2.05, 4.69) is 16.8 Å². The molecule has 2 aromatic rings. The number of nitrogens with zero attached hydrogens (tertiary/aromatic N) is 1. The number of aromatic nitrogens is 1. The van der Waals surface area contributed by atoms with Gasteiger partial charge in [-0.2, -0.15) is 0 Å². The van der Waals surface area contributed by atoms with Gasteiger partial charge < -0.3 is 4.98 Å². The highest BCUT2D eigenvalue weighted by Crippen LogP contribution is 2.21. The number of carbonyl (C=O) groups is 1. The number of ketones is 1. The largest absolute Gasteiger partial charge is 0.360 e. The summed E-state index contributed by atoms with van der Waals surface area (Å²) >= 11 is 0. The van der Waals surface area contributed by atoms with Crippen LogP contribution in [0.1, 0.15) is 43.0 Å². The van der Waals surface area contributed by atoms with E-state index in [0.29, 0.717) is 12.6 Å². The summed E-state index contributed by atoms with van der Waals surface area (Å²) in [5, 5.41) is 1.04. The monoisotopic (exact) mass is 270 g/mol. The first-order valence-electron chi connectivity index (χ1n) is 7.59. The molecule has 1 aliphatic heterocycles. The molecule has 1 N–H and O–H groups in total. The summed E-state index contributed by atoms with van der Waals surface area (Å²) in [6.45, 7) is 3.84. The van der Waals surface area contributed by atoms with Gasteiger partial charge in [-0.3, -0.25) is 9.69 Å². The maximum atomic E-state index is 12.6. The third kappa shape index (κ3) is 2.63. The van der Waals surface area contributed by atoms with Gasteiger partial charge in [-0.15, -0.1) is 0 Å². The van der Waals surface area contributed by atoms with Gasteiger partial charge in [0, 0.05) is 28.7 Å². The molecule has 106 valence electrons. The molecule has 1 fully saturated rings. The lowest BCUT2D eigenvalue weighted by Crippen LogP contribution is -2.36. The Morgan fingerprint density at radius 3 is 3.05 bits per heavy atom. The van der Waals surface area contributed by atoms with Crippen LogP contribution in [0.15, 0.2) is 30.5 Å². The standard InChI is InChI=1S/C17H22N2O/c1-13-7-3-2-6-10-19(13)12-17(20)15-11-18-16-9-5-4-8-14(15)16/h4-5,8-9,11,13,18H,2-3,6-7,10,12H2,1H3. The average Bonchev–Trinajstić information content (AvgIpc) is 2.79. The summed E-state index contributed by atoms with van der Waals surface area (Å²) in [5.74, 6) is 0.233. The molecule has 1 atom stereocenters. The van der Waals surface area contributed by atoms with Crippen LogP contribution < -0.4 is 0 Å². The third-order valence-corrected chi connectivity index (χ3v) is 4.43. The Bertz CT molecular complexity index is 602. The van der Waals surface area contributed by atoms with E-state index >= 15 is 0 Å². The van der Waals surface area contributed by atoms with E-state index in [9.17, 15) is 4.79 Å². The Balaban J connectivity index is 1.78. The molecule has 0 saturated carbocycles. The minimum absolute atomic E-state index is 0.233. The first kappa shape index (κ1) is 13.4. The van der Waals surface area contributed by atoms with Gasteiger partial charge in [0.1, 0.15) is 0 Å². The summed E-state index contributed by atoms with van der Waals surface area (Å²) < 4.78 is 0. The quantitative estimate of drug-likeness (QED) is 0.865. The zero-order chi connectivity index (χ0) is 13.9. The van der Waals surface area contributed by atoms with Crippen molar-refractivity contribution < 1.29 is 4.79 Å². The van der Waals surface area contributed by atoms with Gasteiger partial charge in [0.05, 0.1) is 6.54 Å². The van der Waals surface area contributed by atoms with E-state index in [1.54, 1.807) is 0 Å². The molecule has 20 heavy (non-hydrogen) atoms. The number of para-hydroxylation sites is 1. The summed E-state index contributed by atoms with van der Waals surface area (Å²) in [5.41, 5.74) is 1.87. The van der Waals surface area contributed by atoms with Gasteiger partial charge in [-0.25, -0.2) is 0 Å². The van der Waals surface area contributed by atoms with Gasteiger partial charge in [-0.1, -0.05) is 31.0 Å². The number of nitrogens with one attached hydrogen (secondary N) is 1. The fraction of sp³-hybridized carbons (Fsp3) is 0.471. The van der Waals surface area contributed by atoms with E-state index in [-0.39, 0.29) is 5.78 Å². The van der Waals surface area contributed by atoms with Crippen molar-refractivity contribution in [3.05, 3.63) is 36.0 Å². The maximum Gasteiger partial charge on any atom is 0.178 e. The summed E-state index contributed by atoms with van der Waals surface area (Å²) in [4.78, 5) is 18.1. The van der Waals surface area contributed by atoms with Crippen LogP contribution in [0.5, 0.6) is 0 Å². The van der Waals surface area contributed by atoms with E-state index in [0.717, 1.165) is 23.0 Å².